The lowest BCUT2D eigenvalue weighted by Gasteiger charge is -2.29. The summed E-state index contributed by atoms with van der Waals surface area (Å²) in [5.41, 5.74) is 0.375. The Morgan fingerprint density at radius 2 is 2.33 bits per heavy atom. The molecule has 6 heteroatoms. The van der Waals surface area contributed by atoms with Gasteiger partial charge in [0, 0.05) is 11.3 Å². The van der Waals surface area contributed by atoms with Crippen LogP contribution in [-0.2, 0) is 4.74 Å². The van der Waals surface area contributed by atoms with Crippen LogP contribution in [0.15, 0.2) is 5.38 Å². The van der Waals surface area contributed by atoms with Gasteiger partial charge in [0.1, 0.15) is 5.41 Å². The normalized spacial score (nSPS) is 28.1. The van der Waals surface area contributed by atoms with Gasteiger partial charge < -0.3 is 4.74 Å². The molecular weight excluding hydrogens is 272 g/mol. The van der Waals surface area contributed by atoms with E-state index >= 15 is 0 Å². The molecule has 1 saturated carbocycles. The Morgan fingerprint density at radius 1 is 1.67 bits per heavy atom. The fourth-order valence-electron chi connectivity index (χ4n) is 2.12. The first kappa shape index (κ1) is 13.9. The first-order chi connectivity index (χ1) is 8.52. The smallest absolute Gasteiger partial charge is 0.357 e. The first-order valence-corrected chi connectivity index (χ1v) is 7.58. The van der Waals surface area contributed by atoms with E-state index in [1.807, 2.05) is 0 Å². The lowest BCUT2D eigenvalue weighted by molar-refractivity contribution is 0.0520. The average molecular weight is 289 g/mol. The van der Waals surface area contributed by atoms with E-state index < -0.39 is 5.41 Å². The lowest BCUT2D eigenvalue weighted by atomic mass is 9.88. The second-order valence-electron chi connectivity index (χ2n) is 4.60. The largest absolute Gasteiger partial charge is 0.461 e. The molecule has 0 aromatic carbocycles. The highest BCUT2D eigenvalue weighted by atomic mass is 32.1. The molecule has 0 N–H and O–H groups in total. The van der Waals surface area contributed by atoms with Crippen LogP contribution in [0.5, 0.6) is 0 Å². The number of alkyl halides is 1. The average Bonchev–Trinajstić information content (AvgIpc) is 2.79. The van der Waals surface area contributed by atoms with Gasteiger partial charge in [-0.2, -0.15) is 0 Å². The van der Waals surface area contributed by atoms with Crippen molar-refractivity contribution in [1.29, 1.82) is 0 Å². The van der Waals surface area contributed by atoms with Gasteiger partial charge in [-0.3, -0.25) is 0 Å². The Bertz CT molecular complexity index is 425. The van der Waals surface area contributed by atoms with Crippen LogP contribution in [0.1, 0.15) is 54.0 Å². The summed E-state index contributed by atoms with van der Waals surface area (Å²) in [6, 6.07) is 0. The van der Waals surface area contributed by atoms with Crippen molar-refractivity contribution in [1.82, 2.24) is 4.98 Å². The van der Waals surface area contributed by atoms with E-state index in [0.717, 1.165) is 17.8 Å². The molecular formula is C12H17FNO2PS. The summed E-state index contributed by atoms with van der Waals surface area (Å²) in [5.74, 6) is -0.0932. The summed E-state index contributed by atoms with van der Waals surface area (Å²) in [4.78, 5) is 15.8. The molecule has 1 heterocycles. The Kier molecular flexibility index (Phi) is 4.33. The van der Waals surface area contributed by atoms with Crippen molar-refractivity contribution in [3.63, 3.8) is 0 Å². The third-order valence-electron chi connectivity index (χ3n) is 3.17. The molecule has 100 valence electrons. The third-order valence-corrected chi connectivity index (χ3v) is 4.76. The van der Waals surface area contributed by atoms with Gasteiger partial charge in [0.25, 0.3) is 0 Å². The van der Waals surface area contributed by atoms with Crippen molar-refractivity contribution in [3.8, 4) is 0 Å². The summed E-state index contributed by atoms with van der Waals surface area (Å²) >= 11 is 1.47. The van der Waals surface area contributed by atoms with Gasteiger partial charge >= 0.3 is 5.97 Å². The topological polar surface area (TPSA) is 39.2 Å². The van der Waals surface area contributed by atoms with Crippen LogP contribution < -0.4 is 0 Å². The molecule has 0 aliphatic heterocycles. The Morgan fingerprint density at radius 3 is 2.94 bits per heavy atom. The minimum atomic E-state index is -1.11. The van der Waals surface area contributed by atoms with Gasteiger partial charge in [-0.15, -0.1) is 11.3 Å². The van der Waals surface area contributed by atoms with Crippen molar-refractivity contribution >= 4 is 26.5 Å². The number of esters is 1. The van der Waals surface area contributed by atoms with Crippen molar-refractivity contribution < 1.29 is 13.9 Å². The molecule has 18 heavy (non-hydrogen) atoms. The van der Waals surface area contributed by atoms with E-state index in [9.17, 15) is 9.18 Å². The molecule has 1 aliphatic rings. The van der Waals surface area contributed by atoms with E-state index in [1.54, 1.807) is 12.3 Å². The molecule has 1 aliphatic carbocycles. The van der Waals surface area contributed by atoms with Crippen LogP contribution in [-0.4, -0.2) is 23.0 Å². The maximum atomic E-state index is 13.7. The zero-order valence-electron chi connectivity index (χ0n) is 10.3. The number of carbonyl (C=O) groups is 1. The fourth-order valence-corrected chi connectivity index (χ4v) is 3.41. The van der Waals surface area contributed by atoms with Gasteiger partial charge in [0.15, 0.2) is 5.69 Å². The summed E-state index contributed by atoms with van der Waals surface area (Å²) in [7, 11) is 2.29. The molecule has 1 aromatic rings. The standard InChI is InChI=1S/C12H17FNO2PS/c1-2-16-11(15)9-7-18-10(14-9)8-3-5-12(13,17)6-4-8/h7-8H,2-6,17H2,1H3. The molecule has 0 radical (unpaired) electrons. The number of hydrogen-bond acceptors (Lipinski definition) is 4. The maximum Gasteiger partial charge on any atom is 0.357 e. The SMILES string of the molecule is CCOC(=O)c1csc(C2CCC(F)(P)CC2)n1. The van der Waals surface area contributed by atoms with Gasteiger partial charge in [0.2, 0.25) is 0 Å². The van der Waals surface area contributed by atoms with Gasteiger partial charge in [-0.1, -0.05) is 9.24 Å². The van der Waals surface area contributed by atoms with Gasteiger partial charge in [-0.05, 0) is 32.6 Å². The number of nitrogens with zero attached hydrogens (tertiary/aromatic N) is 1. The van der Waals surface area contributed by atoms with Crippen molar-refractivity contribution in [2.45, 2.75) is 43.9 Å². The third kappa shape index (κ3) is 3.27. The molecule has 1 fully saturated rings. The Labute approximate surface area is 112 Å². The molecule has 3 nitrogen and oxygen atoms in total. The highest BCUT2D eigenvalue weighted by molar-refractivity contribution is 7.18. The predicted octanol–water partition coefficient (Wildman–Crippen LogP) is 3.52. The quantitative estimate of drug-likeness (QED) is 0.631. The summed E-state index contributed by atoms with van der Waals surface area (Å²) in [6.07, 6.45) is 2.65. The molecule has 2 rings (SSSR count). The zero-order valence-corrected chi connectivity index (χ0v) is 12.3. The van der Waals surface area contributed by atoms with Crippen LogP contribution in [0.25, 0.3) is 0 Å². The highest BCUT2D eigenvalue weighted by Crippen LogP contribution is 2.44. The van der Waals surface area contributed by atoms with Crippen LogP contribution in [0.4, 0.5) is 4.39 Å². The number of aromatic nitrogens is 1. The molecule has 0 amide bonds. The number of hydrogen-bond donors (Lipinski definition) is 0. The maximum absolute atomic E-state index is 13.7. The molecule has 1 aromatic heterocycles. The molecule has 0 spiro atoms. The number of carbonyl (C=O) groups excluding carboxylic acids is 1. The van der Waals surface area contributed by atoms with Crippen molar-refractivity contribution in [3.05, 3.63) is 16.1 Å². The van der Waals surface area contributed by atoms with E-state index in [0.29, 0.717) is 25.1 Å². The highest BCUT2D eigenvalue weighted by Gasteiger charge is 2.32. The van der Waals surface area contributed by atoms with E-state index in [1.165, 1.54) is 11.3 Å². The summed E-state index contributed by atoms with van der Waals surface area (Å²) in [5, 5.41) is 1.54. The van der Waals surface area contributed by atoms with Crippen LogP contribution in [0.2, 0.25) is 0 Å². The van der Waals surface area contributed by atoms with Crippen molar-refractivity contribution in [2.75, 3.05) is 6.61 Å². The van der Waals surface area contributed by atoms with Crippen LogP contribution in [0, 0.1) is 0 Å². The summed E-state index contributed by atoms with van der Waals surface area (Å²) in [6.45, 7) is 2.12. The van der Waals surface area contributed by atoms with E-state index in [2.05, 4.69) is 14.2 Å². The van der Waals surface area contributed by atoms with Crippen LogP contribution >= 0.6 is 20.6 Å². The van der Waals surface area contributed by atoms with Gasteiger partial charge in [0.05, 0.1) is 11.6 Å². The second-order valence-corrected chi connectivity index (χ2v) is 6.52. The number of halogens is 1. The Balaban J connectivity index is 2.00. The lowest BCUT2D eigenvalue weighted by Crippen LogP contribution is -2.22. The van der Waals surface area contributed by atoms with E-state index in [4.69, 9.17) is 4.74 Å². The monoisotopic (exact) mass is 289 g/mol. The van der Waals surface area contributed by atoms with E-state index in [-0.39, 0.29) is 11.9 Å². The molecule has 1 unspecified atom stereocenters. The summed E-state index contributed by atoms with van der Waals surface area (Å²) < 4.78 is 18.6. The molecule has 1 atom stereocenters. The zero-order chi connectivity index (χ0) is 13.2. The second kappa shape index (κ2) is 5.62. The van der Waals surface area contributed by atoms with Gasteiger partial charge in [-0.25, -0.2) is 14.2 Å². The molecule has 0 saturated heterocycles. The first-order valence-electron chi connectivity index (χ1n) is 6.12. The number of rotatable bonds is 3. The van der Waals surface area contributed by atoms with Crippen molar-refractivity contribution in [2.24, 2.45) is 0 Å². The fraction of sp³-hybridized carbons (Fsp3) is 0.667. The van der Waals surface area contributed by atoms with Crippen LogP contribution in [0.3, 0.4) is 0 Å². The number of ether oxygens (including phenoxy) is 1. The Hall–Kier alpha value is -0.540. The number of thiazole rings is 1. The predicted molar refractivity (Wildman–Crippen MR) is 72.8 cm³/mol. The molecule has 0 bridgehead atoms. The minimum Gasteiger partial charge on any atom is -0.461 e. The minimum absolute atomic E-state index is 0.280.